The van der Waals surface area contributed by atoms with E-state index in [0.29, 0.717) is 18.4 Å². The molecule has 0 radical (unpaired) electrons. The maximum absolute atomic E-state index is 13.2. The third kappa shape index (κ3) is 5.39. The zero-order chi connectivity index (χ0) is 14.4. The Hall–Kier alpha value is -1.42. The van der Waals surface area contributed by atoms with Gasteiger partial charge in [-0.05, 0) is 30.5 Å². The van der Waals surface area contributed by atoms with E-state index >= 15 is 0 Å². The summed E-state index contributed by atoms with van der Waals surface area (Å²) < 4.78 is 17.9. The van der Waals surface area contributed by atoms with Crippen molar-refractivity contribution in [2.45, 2.75) is 45.7 Å². The quantitative estimate of drug-likeness (QED) is 0.805. The van der Waals surface area contributed by atoms with Gasteiger partial charge in [0.25, 0.3) is 0 Å². The van der Waals surface area contributed by atoms with Crippen molar-refractivity contribution in [3.8, 4) is 0 Å². The van der Waals surface area contributed by atoms with Crippen molar-refractivity contribution >= 4 is 5.97 Å². The summed E-state index contributed by atoms with van der Waals surface area (Å²) in [5.41, 5.74) is 1.64. The van der Waals surface area contributed by atoms with Crippen LogP contribution < -0.4 is 5.32 Å². The first-order chi connectivity index (χ1) is 8.92. The lowest BCUT2D eigenvalue weighted by Crippen LogP contribution is -2.38. The van der Waals surface area contributed by atoms with Gasteiger partial charge in [-0.2, -0.15) is 0 Å². The Bertz CT molecular complexity index is 432. The van der Waals surface area contributed by atoms with Gasteiger partial charge in [-0.15, -0.1) is 0 Å². The van der Waals surface area contributed by atoms with E-state index in [4.69, 9.17) is 4.74 Å². The molecule has 0 amide bonds. The standard InChI is InChI=1S/C15H22FNO2/c1-10(2)17-13(9-15(18)19-4)8-12-5-6-14(16)11(3)7-12/h5-7,10,13,17H,8-9H2,1-4H3. The highest BCUT2D eigenvalue weighted by Crippen LogP contribution is 2.13. The van der Waals surface area contributed by atoms with E-state index in [1.807, 2.05) is 19.9 Å². The van der Waals surface area contributed by atoms with Crippen LogP contribution in [0, 0.1) is 12.7 Å². The van der Waals surface area contributed by atoms with Crippen molar-refractivity contribution in [2.75, 3.05) is 7.11 Å². The number of carbonyl (C=O) groups excluding carboxylic acids is 1. The Morgan fingerprint density at radius 1 is 1.42 bits per heavy atom. The topological polar surface area (TPSA) is 38.3 Å². The number of rotatable bonds is 6. The number of ether oxygens (including phenoxy) is 1. The van der Waals surface area contributed by atoms with Crippen molar-refractivity contribution in [2.24, 2.45) is 0 Å². The van der Waals surface area contributed by atoms with Crippen LogP contribution in [-0.4, -0.2) is 25.2 Å². The van der Waals surface area contributed by atoms with Crippen molar-refractivity contribution in [1.29, 1.82) is 0 Å². The molecule has 1 aromatic carbocycles. The highest BCUT2D eigenvalue weighted by Gasteiger charge is 2.16. The normalized spacial score (nSPS) is 12.5. The minimum absolute atomic E-state index is 0.00249. The van der Waals surface area contributed by atoms with Gasteiger partial charge in [0.15, 0.2) is 0 Å². The summed E-state index contributed by atoms with van der Waals surface area (Å²) in [6.45, 7) is 5.80. The monoisotopic (exact) mass is 267 g/mol. The number of methoxy groups -OCH3 is 1. The van der Waals surface area contributed by atoms with Crippen molar-refractivity contribution < 1.29 is 13.9 Å². The van der Waals surface area contributed by atoms with Gasteiger partial charge < -0.3 is 10.1 Å². The van der Waals surface area contributed by atoms with E-state index in [-0.39, 0.29) is 23.9 Å². The molecular weight excluding hydrogens is 245 g/mol. The molecule has 0 aliphatic carbocycles. The molecule has 0 aliphatic rings. The van der Waals surface area contributed by atoms with Crippen LogP contribution in [0.15, 0.2) is 18.2 Å². The number of carbonyl (C=O) groups is 1. The first kappa shape index (κ1) is 15.6. The Kier molecular flexibility index (Phi) is 5.96. The van der Waals surface area contributed by atoms with Crippen LogP contribution in [0.1, 0.15) is 31.4 Å². The number of esters is 1. The van der Waals surface area contributed by atoms with E-state index in [2.05, 4.69) is 5.32 Å². The molecule has 0 bridgehead atoms. The molecule has 0 aromatic heterocycles. The third-order valence-electron chi connectivity index (χ3n) is 2.91. The molecule has 1 atom stereocenters. The van der Waals surface area contributed by atoms with E-state index in [9.17, 15) is 9.18 Å². The zero-order valence-corrected chi connectivity index (χ0v) is 12.0. The fraction of sp³-hybridized carbons (Fsp3) is 0.533. The minimum atomic E-state index is -0.239. The molecule has 0 aliphatic heterocycles. The summed E-state index contributed by atoms with van der Waals surface area (Å²) in [4.78, 5) is 11.4. The molecule has 1 rings (SSSR count). The second-order valence-electron chi connectivity index (χ2n) is 5.09. The largest absolute Gasteiger partial charge is 0.469 e. The number of halogens is 1. The van der Waals surface area contributed by atoms with Crippen molar-refractivity contribution in [3.05, 3.63) is 35.1 Å². The highest BCUT2D eigenvalue weighted by molar-refractivity contribution is 5.70. The fourth-order valence-electron chi connectivity index (χ4n) is 2.06. The molecule has 0 spiro atoms. The highest BCUT2D eigenvalue weighted by atomic mass is 19.1. The fourth-order valence-corrected chi connectivity index (χ4v) is 2.06. The molecule has 0 saturated heterocycles. The number of hydrogen-bond donors (Lipinski definition) is 1. The molecule has 0 saturated carbocycles. The van der Waals surface area contributed by atoms with Gasteiger partial charge in [0.2, 0.25) is 0 Å². The summed E-state index contributed by atoms with van der Waals surface area (Å²) in [6, 6.07) is 5.32. The van der Waals surface area contributed by atoms with Crippen LogP contribution in [0.3, 0.4) is 0 Å². The Morgan fingerprint density at radius 3 is 2.63 bits per heavy atom. The second kappa shape index (κ2) is 7.24. The van der Waals surface area contributed by atoms with Gasteiger partial charge in [0.05, 0.1) is 13.5 Å². The molecule has 1 aromatic rings. The summed E-state index contributed by atoms with van der Waals surface area (Å²) >= 11 is 0. The van der Waals surface area contributed by atoms with Crippen LogP contribution in [0.5, 0.6) is 0 Å². The Balaban J connectivity index is 2.74. The molecule has 1 N–H and O–H groups in total. The third-order valence-corrected chi connectivity index (χ3v) is 2.91. The van der Waals surface area contributed by atoms with Crippen LogP contribution in [0.25, 0.3) is 0 Å². The minimum Gasteiger partial charge on any atom is -0.469 e. The second-order valence-corrected chi connectivity index (χ2v) is 5.09. The number of aryl methyl sites for hydroxylation is 1. The van der Waals surface area contributed by atoms with E-state index in [0.717, 1.165) is 5.56 Å². The Morgan fingerprint density at radius 2 is 2.11 bits per heavy atom. The first-order valence-corrected chi connectivity index (χ1v) is 6.50. The lowest BCUT2D eigenvalue weighted by molar-refractivity contribution is -0.141. The Labute approximate surface area is 114 Å². The summed E-state index contributed by atoms with van der Waals surface area (Å²) in [5, 5.41) is 3.33. The molecule has 0 fully saturated rings. The maximum atomic E-state index is 13.2. The van der Waals surface area contributed by atoms with Crippen LogP contribution in [-0.2, 0) is 16.0 Å². The maximum Gasteiger partial charge on any atom is 0.307 e. The van der Waals surface area contributed by atoms with Crippen LogP contribution in [0.4, 0.5) is 4.39 Å². The molecular formula is C15H22FNO2. The van der Waals surface area contributed by atoms with Gasteiger partial charge in [-0.1, -0.05) is 26.0 Å². The lowest BCUT2D eigenvalue weighted by Gasteiger charge is -2.20. The van der Waals surface area contributed by atoms with Gasteiger partial charge in [0, 0.05) is 12.1 Å². The van der Waals surface area contributed by atoms with Gasteiger partial charge in [-0.3, -0.25) is 4.79 Å². The van der Waals surface area contributed by atoms with E-state index in [1.54, 1.807) is 13.0 Å². The zero-order valence-electron chi connectivity index (χ0n) is 12.0. The van der Waals surface area contributed by atoms with E-state index in [1.165, 1.54) is 13.2 Å². The molecule has 3 nitrogen and oxygen atoms in total. The smallest absolute Gasteiger partial charge is 0.307 e. The lowest BCUT2D eigenvalue weighted by atomic mass is 10.0. The predicted molar refractivity (Wildman–Crippen MR) is 73.5 cm³/mol. The molecule has 4 heteroatoms. The summed E-state index contributed by atoms with van der Waals surface area (Å²) in [5.74, 6) is -0.443. The molecule has 106 valence electrons. The van der Waals surface area contributed by atoms with Gasteiger partial charge in [-0.25, -0.2) is 4.39 Å². The van der Waals surface area contributed by atoms with Crippen LogP contribution >= 0.6 is 0 Å². The first-order valence-electron chi connectivity index (χ1n) is 6.50. The average molecular weight is 267 g/mol. The molecule has 1 unspecified atom stereocenters. The predicted octanol–water partition coefficient (Wildman–Crippen LogP) is 2.61. The average Bonchev–Trinajstić information content (AvgIpc) is 2.32. The number of benzene rings is 1. The summed E-state index contributed by atoms with van der Waals surface area (Å²) in [7, 11) is 1.39. The van der Waals surface area contributed by atoms with Crippen molar-refractivity contribution in [1.82, 2.24) is 5.32 Å². The van der Waals surface area contributed by atoms with Crippen LogP contribution in [0.2, 0.25) is 0 Å². The van der Waals surface area contributed by atoms with Gasteiger partial charge in [0.1, 0.15) is 5.82 Å². The SMILES string of the molecule is COC(=O)CC(Cc1ccc(F)c(C)c1)NC(C)C. The number of hydrogen-bond acceptors (Lipinski definition) is 3. The summed E-state index contributed by atoms with van der Waals surface area (Å²) in [6.07, 6.45) is 0.986. The van der Waals surface area contributed by atoms with Crippen molar-refractivity contribution in [3.63, 3.8) is 0 Å². The molecule has 0 heterocycles. The molecule has 19 heavy (non-hydrogen) atoms. The van der Waals surface area contributed by atoms with Gasteiger partial charge >= 0.3 is 5.97 Å². The number of nitrogens with one attached hydrogen (secondary N) is 1. The van der Waals surface area contributed by atoms with E-state index < -0.39 is 0 Å².